The van der Waals surface area contributed by atoms with Crippen LogP contribution in [0.1, 0.15) is 38.3 Å². The Morgan fingerprint density at radius 2 is 1.97 bits per heavy atom. The first kappa shape index (κ1) is 19.6. The molecule has 8 nitrogen and oxygen atoms in total. The fourth-order valence-corrected chi connectivity index (χ4v) is 4.14. The van der Waals surface area contributed by atoms with Gasteiger partial charge in [-0.25, -0.2) is 9.97 Å². The third kappa shape index (κ3) is 4.48. The maximum Gasteiger partial charge on any atom is 0.219 e. The van der Waals surface area contributed by atoms with Crippen molar-refractivity contribution in [2.75, 3.05) is 26.2 Å². The van der Waals surface area contributed by atoms with Crippen LogP contribution in [0.3, 0.4) is 0 Å². The van der Waals surface area contributed by atoms with Crippen molar-refractivity contribution >= 4 is 11.6 Å². The molecule has 0 radical (unpaired) electrons. The summed E-state index contributed by atoms with van der Waals surface area (Å²) in [6.07, 6.45) is 12.3. The average Bonchev–Trinajstić information content (AvgIpc) is 3.28. The molecule has 0 spiro atoms. The number of rotatable bonds is 5. The topological polar surface area (TPSA) is 71.6 Å². The van der Waals surface area contributed by atoms with Crippen LogP contribution in [0.15, 0.2) is 37.2 Å². The Morgan fingerprint density at radius 1 is 1.14 bits per heavy atom. The maximum atomic E-state index is 12.1. The Bertz CT molecular complexity index is 976. The first-order valence-electron chi connectivity index (χ1n) is 10.3. The van der Waals surface area contributed by atoms with E-state index in [4.69, 9.17) is 0 Å². The number of hydrogen-bond acceptors (Lipinski definition) is 5. The van der Waals surface area contributed by atoms with Crippen molar-refractivity contribution in [2.24, 2.45) is 5.92 Å². The van der Waals surface area contributed by atoms with Crippen LogP contribution in [0, 0.1) is 5.92 Å². The van der Waals surface area contributed by atoms with Gasteiger partial charge in [-0.15, -0.1) is 0 Å². The summed E-state index contributed by atoms with van der Waals surface area (Å²) in [6.45, 7) is 10.1. The zero-order valence-electron chi connectivity index (χ0n) is 17.4. The molecule has 0 bridgehead atoms. The number of aromatic nitrogens is 5. The molecule has 29 heavy (non-hydrogen) atoms. The number of fused-ring (bicyclic) bond motifs is 1. The third-order valence-corrected chi connectivity index (χ3v) is 5.63. The lowest BCUT2D eigenvalue weighted by Gasteiger charge is -2.24. The van der Waals surface area contributed by atoms with Gasteiger partial charge in [0.25, 0.3) is 0 Å². The van der Waals surface area contributed by atoms with E-state index in [0.717, 1.165) is 56.3 Å². The molecule has 0 saturated carbocycles. The van der Waals surface area contributed by atoms with Crippen molar-refractivity contribution in [1.29, 1.82) is 0 Å². The predicted octanol–water partition coefficient (Wildman–Crippen LogP) is 2.03. The van der Waals surface area contributed by atoms with E-state index in [-0.39, 0.29) is 5.91 Å². The average molecular weight is 396 g/mol. The largest absolute Gasteiger partial charge is 0.341 e. The highest BCUT2D eigenvalue weighted by atomic mass is 16.2. The first-order chi connectivity index (χ1) is 14.0. The molecule has 8 heteroatoms. The van der Waals surface area contributed by atoms with Crippen molar-refractivity contribution in [3.05, 3.63) is 48.7 Å². The number of imidazole rings is 2. The van der Waals surface area contributed by atoms with Crippen molar-refractivity contribution in [3.63, 3.8) is 0 Å². The van der Waals surface area contributed by atoms with Gasteiger partial charge >= 0.3 is 0 Å². The summed E-state index contributed by atoms with van der Waals surface area (Å²) in [5.41, 5.74) is 1.87. The highest BCUT2D eigenvalue weighted by molar-refractivity contribution is 5.73. The second-order valence-corrected chi connectivity index (χ2v) is 8.19. The molecular weight excluding hydrogens is 366 g/mol. The SMILES string of the molecule is CC(=O)N1CCN(Cc2nccn2C(C)C)CC(Cc2cn3ccnc3cn2)C1. The lowest BCUT2D eigenvalue weighted by molar-refractivity contribution is -0.129. The van der Waals surface area contributed by atoms with Gasteiger partial charge in [0.15, 0.2) is 5.65 Å². The van der Waals surface area contributed by atoms with E-state index < -0.39 is 0 Å². The summed E-state index contributed by atoms with van der Waals surface area (Å²) in [5, 5.41) is 0. The van der Waals surface area contributed by atoms with Gasteiger partial charge in [-0.05, 0) is 26.2 Å². The Kier molecular flexibility index (Phi) is 5.62. The zero-order chi connectivity index (χ0) is 20.4. The van der Waals surface area contributed by atoms with Crippen LogP contribution >= 0.6 is 0 Å². The lowest BCUT2D eigenvalue weighted by Crippen LogP contribution is -2.34. The smallest absolute Gasteiger partial charge is 0.219 e. The van der Waals surface area contributed by atoms with Crippen LogP contribution in [0.5, 0.6) is 0 Å². The second-order valence-electron chi connectivity index (χ2n) is 8.19. The Balaban J connectivity index is 1.52. The minimum atomic E-state index is 0.138. The Labute approximate surface area is 171 Å². The number of amides is 1. The fourth-order valence-electron chi connectivity index (χ4n) is 4.14. The minimum Gasteiger partial charge on any atom is -0.341 e. The zero-order valence-corrected chi connectivity index (χ0v) is 17.4. The summed E-state index contributed by atoms with van der Waals surface area (Å²) in [5.74, 6) is 1.53. The van der Waals surface area contributed by atoms with Crippen LogP contribution in [-0.4, -0.2) is 65.8 Å². The summed E-state index contributed by atoms with van der Waals surface area (Å²) in [4.78, 5) is 29.9. The molecule has 4 heterocycles. The Hall–Kier alpha value is -2.74. The van der Waals surface area contributed by atoms with Gasteiger partial charge in [0.2, 0.25) is 5.91 Å². The van der Waals surface area contributed by atoms with E-state index in [1.165, 1.54) is 0 Å². The molecule has 1 atom stereocenters. The van der Waals surface area contributed by atoms with Crippen molar-refractivity contribution in [3.8, 4) is 0 Å². The van der Waals surface area contributed by atoms with Crippen LogP contribution in [0.4, 0.5) is 0 Å². The molecule has 1 saturated heterocycles. The molecule has 3 aromatic heterocycles. The van der Waals surface area contributed by atoms with Crippen molar-refractivity contribution in [1.82, 2.24) is 33.7 Å². The van der Waals surface area contributed by atoms with E-state index >= 15 is 0 Å². The molecule has 0 N–H and O–H groups in total. The molecule has 0 aromatic carbocycles. The molecule has 1 fully saturated rings. The highest BCUT2D eigenvalue weighted by Crippen LogP contribution is 2.18. The summed E-state index contributed by atoms with van der Waals surface area (Å²) < 4.78 is 4.22. The molecule has 0 aliphatic carbocycles. The van der Waals surface area contributed by atoms with Crippen molar-refractivity contribution < 1.29 is 4.79 Å². The molecule has 1 unspecified atom stereocenters. The second kappa shape index (κ2) is 8.32. The van der Waals surface area contributed by atoms with E-state index in [9.17, 15) is 4.79 Å². The molecule has 1 aliphatic heterocycles. The van der Waals surface area contributed by atoms with Gasteiger partial charge in [0, 0.05) is 70.1 Å². The van der Waals surface area contributed by atoms with Crippen LogP contribution in [0.2, 0.25) is 0 Å². The number of nitrogens with zero attached hydrogens (tertiary/aromatic N) is 7. The van der Waals surface area contributed by atoms with E-state index in [2.05, 4.69) is 38.3 Å². The molecule has 1 amide bonds. The molecule has 154 valence electrons. The van der Waals surface area contributed by atoms with Gasteiger partial charge in [0.1, 0.15) is 5.82 Å². The molecule has 3 aromatic rings. The van der Waals surface area contributed by atoms with E-state index in [0.29, 0.717) is 12.0 Å². The van der Waals surface area contributed by atoms with Gasteiger partial charge in [-0.3, -0.25) is 14.7 Å². The molecular formula is C21H29N7O. The number of carbonyl (C=O) groups is 1. The van der Waals surface area contributed by atoms with Crippen LogP contribution in [0.25, 0.3) is 5.65 Å². The molecule has 4 rings (SSSR count). The van der Waals surface area contributed by atoms with Crippen LogP contribution < -0.4 is 0 Å². The van der Waals surface area contributed by atoms with Gasteiger partial charge < -0.3 is 13.9 Å². The van der Waals surface area contributed by atoms with Gasteiger partial charge in [-0.1, -0.05) is 0 Å². The summed E-state index contributed by atoms with van der Waals surface area (Å²) in [6, 6.07) is 0.384. The summed E-state index contributed by atoms with van der Waals surface area (Å²) >= 11 is 0. The standard InChI is InChI=1S/C21H29N7O/c1-16(2)28-7-5-23-21(28)15-25-8-9-26(17(3)29)13-18(12-25)10-19-14-27-6-4-22-20(27)11-24-19/h4-7,11,14,16,18H,8-10,12-13,15H2,1-3H3. The monoisotopic (exact) mass is 395 g/mol. The normalized spacial score (nSPS) is 18.5. The quantitative estimate of drug-likeness (QED) is 0.661. The predicted molar refractivity (Wildman–Crippen MR) is 110 cm³/mol. The fraction of sp³-hybridized carbons (Fsp3) is 0.524. The lowest BCUT2D eigenvalue weighted by atomic mass is 10.0. The van der Waals surface area contributed by atoms with Crippen molar-refractivity contribution in [2.45, 2.75) is 39.8 Å². The number of carbonyl (C=O) groups excluding carboxylic acids is 1. The van der Waals surface area contributed by atoms with E-state index in [1.54, 1.807) is 13.1 Å². The third-order valence-electron chi connectivity index (χ3n) is 5.63. The molecule has 1 aliphatic rings. The Morgan fingerprint density at radius 3 is 2.76 bits per heavy atom. The summed E-state index contributed by atoms with van der Waals surface area (Å²) in [7, 11) is 0. The maximum absolute atomic E-state index is 12.1. The van der Waals surface area contributed by atoms with Crippen LogP contribution in [-0.2, 0) is 17.8 Å². The number of hydrogen-bond donors (Lipinski definition) is 0. The minimum absolute atomic E-state index is 0.138. The highest BCUT2D eigenvalue weighted by Gasteiger charge is 2.26. The van der Waals surface area contributed by atoms with E-state index in [1.807, 2.05) is 40.3 Å². The first-order valence-corrected chi connectivity index (χ1v) is 10.3. The van der Waals surface area contributed by atoms with Gasteiger partial charge in [0.05, 0.1) is 18.4 Å². The van der Waals surface area contributed by atoms with Gasteiger partial charge in [-0.2, -0.15) is 0 Å².